The summed E-state index contributed by atoms with van der Waals surface area (Å²) in [6.07, 6.45) is 0. The molecule has 0 fully saturated rings. The Morgan fingerprint density at radius 1 is 1.09 bits per heavy atom. The molecule has 0 saturated heterocycles. The molecule has 0 aromatic heterocycles. The number of nitrogens with zero attached hydrogens (tertiary/aromatic N) is 1. The molecular weight excluding hydrogens is 292 g/mol. The fourth-order valence-corrected chi connectivity index (χ4v) is 2.10. The van der Waals surface area contributed by atoms with Gasteiger partial charge in [-0.05, 0) is 37.3 Å². The number of carbonyl (C=O) groups is 2. The number of nitrogens with one attached hydrogen (secondary N) is 1. The van der Waals surface area contributed by atoms with Crippen molar-refractivity contribution in [1.82, 2.24) is 0 Å². The summed E-state index contributed by atoms with van der Waals surface area (Å²) in [6, 6.07) is 14.1. The molecule has 0 saturated carbocycles. The average molecular weight is 312 g/mol. The van der Waals surface area contributed by atoms with Crippen LogP contribution in [0.4, 0.5) is 11.4 Å². The first kappa shape index (κ1) is 16.5. The second kappa shape index (κ2) is 7.45. The molecule has 23 heavy (non-hydrogen) atoms. The summed E-state index contributed by atoms with van der Waals surface area (Å²) < 4.78 is 5.01. The van der Waals surface area contributed by atoms with Gasteiger partial charge in [0.1, 0.15) is 0 Å². The van der Waals surface area contributed by atoms with E-state index in [0.29, 0.717) is 16.8 Å². The summed E-state index contributed by atoms with van der Waals surface area (Å²) >= 11 is 0. The lowest BCUT2D eigenvalue weighted by Gasteiger charge is -2.14. The van der Waals surface area contributed by atoms with Crippen molar-refractivity contribution in [3.05, 3.63) is 59.7 Å². The van der Waals surface area contributed by atoms with Gasteiger partial charge < -0.3 is 15.0 Å². The molecule has 2 rings (SSSR count). The third-order valence-corrected chi connectivity index (χ3v) is 3.30. The number of para-hydroxylation sites is 1. The lowest BCUT2D eigenvalue weighted by molar-refractivity contribution is 0.0527. The zero-order valence-electron chi connectivity index (χ0n) is 13.5. The molecule has 0 bridgehead atoms. The minimum atomic E-state index is -0.453. The van der Waals surface area contributed by atoms with Crippen molar-refractivity contribution in [2.45, 2.75) is 6.92 Å². The van der Waals surface area contributed by atoms with Crippen LogP contribution in [0, 0.1) is 0 Å². The Morgan fingerprint density at radius 3 is 2.52 bits per heavy atom. The van der Waals surface area contributed by atoms with Gasteiger partial charge in [-0.3, -0.25) is 4.79 Å². The van der Waals surface area contributed by atoms with Crippen molar-refractivity contribution >= 4 is 23.3 Å². The summed E-state index contributed by atoms with van der Waals surface area (Å²) in [5, 5.41) is 2.77. The Bertz CT molecular complexity index is 711. The van der Waals surface area contributed by atoms with Crippen molar-refractivity contribution in [3.8, 4) is 0 Å². The van der Waals surface area contributed by atoms with E-state index >= 15 is 0 Å². The Morgan fingerprint density at radius 2 is 1.83 bits per heavy atom. The van der Waals surface area contributed by atoms with Crippen molar-refractivity contribution in [1.29, 1.82) is 0 Å². The molecule has 0 aliphatic heterocycles. The van der Waals surface area contributed by atoms with Gasteiger partial charge in [-0.15, -0.1) is 0 Å². The third-order valence-electron chi connectivity index (χ3n) is 3.30. The first-order valence-electron chi connectivity index (χ1n) is 7.37. The standard InChI is InChI=1S/C18H20N2O3/c1-4-23-18(22)15-10-5-6-11-16(15)19-17(21)13-8-7-9-14(12-13)20(2)3/h5-12H,4H2,1-3H3,(H,19,21). The summed E-state index contributed by atoms with van der Waals surface area (Å²) in [5.41, 5.74) is 2.23. The minimum absolute atomic E-state index is 0.273. The van der Waals surface area contributed by atoms with Crippen molar-refractivity contribution in [3.63, 3.8) is 0 Å². The van der Waals surface area contributed by atoms with Crippen LogP contribution in [-0.2, 0) is 4.74 Å². The third kappa shape index (κ3) is 4.10. The first-order valence-corrected chi connectivity index (χ1v) is 7.37. The molecule has 5 heteroatoms. The van der Waals surface area contributed by atoms with Gasteiger partial charge in [0.2, 0.25) is 0 Å². The highest BCUT2D eigenvalue weighted by Gasteiger charge is 2.15. The lowest BCUT2D eigenvalue weighted by atomic mass is 10.1. The van der Waals surface area contributed by atoms with Gasteiger partial charge in [0.05, 0.1) is 17.9 Å². The molecule has 2 aromatic carbocycles. The van der Waals surface area contributed by atoms with E-state index in [0.717, 1.165) is 5.69 Å². The maximum absolute atomic E-state index is 12.4. The molecule has 0 unspecified atom stereocenters. The number of ether oxygens (including phenoxy) is 1. The molecular formula is C18H20N2O3. The normalized spacial score (nSPS) is 10.0. The Kier molecular flexibility index (Phi) is 5.36. The van der Waals surface area contributed by atoms with Crippen molar-refractivity contribution < 1.29 is 14.3 Å². The van der Waals surface area contributed by atoms with Gasteiger partial charge in [0.25, 0.3) is 5.91 Å². The molecule has 120 valence electrons. The van der Waals surface area contributed by atoms with Crippen LogP contribution in [0.1, 0.15) is 27.6 Å². The van der Waals surface area contributed by atoms with Crippen molar-refractivity contribution in [2.75, 3.05) is 30.9 Å². The van der Waals surface area contributed by atoms with E-state index in [9.17, 15) is 9.59 Å². The Hall–Kier alpha value is -2.82. The minimum Gasteiger partial charge on any atom is -0.462 e. The Labute approximate surface area is 135 Å². The van der Waals surface area contributed by atoms with Crippen LogP contribution in [0.5, 0.6) is 0 Å². The van der Waals surface area contributed by atoms with Crippen LogP contribution in [-0.4, -0.2) is 32.6 Å². The summed E-state index contributed by atoms with van der Waals surface area (Å²) in [4.78, 5) is 26.3. The average Bonchev–Trinajstić information content (AvgIpc) is 2.55. The molecule has 0 atom stereocenters. The summed E-state index contributed by atoms with van der Waals surface area (Å²) in [7, 11) is 3.82. The molecule has 0 aliphatic carbocycles. The molecule has 1 amide bonds. The van der Waals surface area contributed by atoms with Gasteiger partial charge in [-0.1, -0.05) is 18.2 Å². The maximum Gasteiger partial charge on any atom is 0.340 e. The number of rotatable bonds is 5. The molecule has 0 spiro atoms. The zero-order chi connectivity index (χ0) is 16.8. The summed E-state index contributed by atoms with van der Waals surface area (Å²) in [6.45, 7) is 2.03. The molecule has 1 N–H and O–H groups in total. The van der Waals surface area contributed by atoms with E-state index in [2.05, 4.69) is 5.32 Å². The second-order valence-electron chi connectivity index (χ2n) is 5.16. The first-order chi connectivity index (χ1) is 11.0. The largest absolute Gasteiger partial charge is 0.462 e. The lowest BCUT2D eigenvalue weighted by Crippen LogP contribution is -2.16. The molecule has 5 nitrogen and oxygen atoms in total. The highest BCUT2D eigenvalue weighted by molar-refractivity contribution is 6.08. The second-order valence-corrected chi connectivity index (χ2v) is 5.16. The highest BCUT2D eigenvalue weighted by Crippen LogP contribution is 2.19. The number of esters is 1. The molecule has 0 aliphatic rings. The van der Waals surface area contributed by atoms with E-state index < -0.39 is 5.97 Å². The van der Waals surface area contributed by atoms with Gasteiger partial charge in [-0.25, -0.2) is 4.79 Å². The molecule has 0 heterocycles. The van der Waals surface area contributed by atoms with Crippen molar-refractivity contribution in [2.24, 2.45) is 0 Å². The summed E-state index contributed by atoms with van der Waals surface area (Å²) in [5.74, 6) is -0.726. The van der Waals surface area contributed by atoms with Crippen LogP contribution < -0.4 is 10.2 Å². The van der Waals surface area contributed by atoms with Crippen LogP contribution in [0.15, 0.2) is 48.5 Å². The van der Waals surface area contributed by atoms with E-state index in [1.54, 1.807) is 43.3 Å². The van der Waals surface area contributed by atoms with Crippen LogP contribution in [0.25, 0.3) is 0 Å². The van der Waals surface area contributed by atoms with Crippen LogP contribution >= 0.6 is 0 Å². The number of anilines is 2. The van der Waals surface area contributed by atoms with E-state index in [1.807, 2.05) is 31.1 Å². The maximum atomic E-state index is 12.4. The SMILES string of the molecule is CCOC(=O)c1ccccc1NC(=O)c1cccc(N(C)C)c1. The number of hydrogen-bond donors (Lipinski definition) is 1. The number of benzene rings is 2. The fraction of sp³-hybridized carbons (Fsp3) is 0.222. The topological polar surface area (TPSA) is 58.6 Å². The number of carbonyl (C=O) groups excluding carboxylic acids is 2. The van der Waals surface area contributed by atoms with Gasteiger partial charge in [-0.2, -0.15) is 0 Å². The van der Waals surface area contributed by atoms with E-state index in [-0.39, 0.29) is 12.5 Å². The molecule has 2 aromatic rings. The predicted molar refractivity (Wildman–Crippen MR) is 91.1 cm³/mol. The molecule has 0 radical (unpaired) electrons. The predicted octanol–water partition coefficient (Wildman–Crippen LogP) is 3.18. The van der Waals surface area contributed by atoms with Crippen LogP contribution in [0.3, 0.4) is 0 Å². The van der Waals surface area contributed by atoms with Gasteiger partial charge in [0, 0.05) is 25.3 Å². The van der Waals surface area contributed by atoms with Gasteiger partial charge in [0.15, 0.2) is 0 Å². The smallest absolute Gasteiger partial charge is 0.340 e. The van der Waals surface area contributed by atoms with E-state index in [1.165, 1.54) is 0 Å². The van der Waals surface area contributed by atoms with E-state index in [4.69, 9.17) is 4.74 Å². The Balaban J connectivity index is 2.24. The fourth-order valence-electron chi connectivity index (χ4n) is 2.10. The van der Waals surface area contributed by atoms with Crippen LogP contribution in [0.2, 0.25) is 0 Å². The monoisotopic (exact) mass is 312 g/mol. The highest BCUT2D eigenvalue weighted by atomic mass is 16.5. The quantitative estimate of drug-likeness (QED) is 0.862. The van der Waals surface area contributed by atoms with Gasteiger partial charge >= 0.3 is 5.97 Å². The zero-order valence-corrected chi connectivity index (χ0v) is 13.5. The number of hydrogen-bond acceptors (Lipinski definition) is 4. The number of amides is 1.